The van der Waals surface area contributed by atoms with Crippen LogP contribution in [0.2, 0.25) is 10.2 Å². The Morgan fingerprint density at radius 1 is 1.15 bits per heavy atom. The van der Waals surface area contributed by atoms with Crippen molar-refractivity contribution in [2.24, 2.45) is 7.05 Å². The molecular weight excluding hydrogens is 297 g/mol. The van der Waals surface area contributed by atoms with Gasteiger partial charge in [0.15, 0.2) is 0 Å². The zero-order valence-electron chi connectivity index (χ0n) is 10.6. The number of aromatic nitrogens is 2. The summed E-state index contributed by atoms with van der Waals surface area (Å²) in [5.41, 5.74) is 9.26. The lowest BCUT2D eigenvalue weighted by molar-refractivity contribution is 0.570. The highest BCUT2D eigenvalue weighted by Gasteiger charge is 2.20. The fourth-order valence-electron chi connectivity index (χ4n) is 2.09. The molecule has 0 radical (unpaired) electrons. The van der Waals surface area contributed by atoms with Gasteiger partial charge in [-0.2, -0.15) is 5.10 Å². The molecule has 0 unspecified atom stereocenters. The molecule has 3 aromatic rings. The second kappa shape index (κ2) is 4.89. The largest absolute Gasteiger partial charge is 0.452 e. The van der Waals surface area contributed by atoms with Crippen molar-refractivity contribution in [1.82, 2.24) is 9.78 Å². The van der Waals surface area contributed by atoms with Gasteiger partial charge in [-0.25, -0.2) is 0 Å². The second-order valence-electron chi connectivity index (χ2n) is 4.35. The third kappa shape index (κ3) is 2.07. The zero-order chi connectivity index (χ0) is 14.3. The summed E-state index contributed by atoms with van der Waals surface area (Å²) >= 11 is 12.0. The summed E-state index contributed by atoms with van der Waals surface area (Å²) in [5, 5.41) is 5.38. The lowest BCUT2D eigenvalue weighted by atomic mass is 10.0. The van der Waals surface area contributed by atoms with Gasteiger partial charge in [0, 0.05) is 12.1 Å². The Morgan fingerprint density at radius 2 is 1.85 bits per heavy atom. The van der Waals surface area contributed by atoms with E-state index in [0.717, 1.165) is 11.1 Å². The predicted octanol–water partition coefficient (Wildman–Crippen LogP) is 4.24. The molecule has 1 aromatic carbocycles. The van der Waals surface area contributed by atoms with E-state index in [1.54, 1.807) is 17.8 Å². The lowest BCUT2D eigenvalue weighted by Gasteiger charge is -2.03. The van der Waals surface area contributed by atoms with E-state index in [4.69, 9.17) is 33.4 Å². The van der Waals surface area contributed by atoms with Gasteiger partial charge in [0.05, 0.1) is 17.4 Å². The standard InChI is InChI=1S/C14H11Cl2N3O/c1-19-14(17)11(8-2-4-9(15)5-3-8)12(18-19)10-6-7-20-13(10)16/h2-7H,17H2,1H3. The molecule has 0 saturated carbocycles. The first-order valence-corrected chi connectivity index (χ1v) is 6.65. The average Bonchev–Trinajstić information content (AvgIpc) is 2.96. The number of hydrogen-bond donors (Lipinski definition) is 1. The molecule has 102 valence electrons. The van der Waals surface area contributed by atoms with E-state index in [9.17, 15) is 0 Å². The smallest absolute Gasteiger partial charge is 0.202 e. The van der Waals surface area contributed by atoms with Gasteiger partial charge in [-0.3, -0.25) is 4.68 Å². The number of nitrogens with zero attached hydrogens (tertiary/aromatic N) is 2. The molecule has 0 saturated heterocycles. The summed E-state index contributed by atoms with van der Waals surface area (Å²) in [6.45, 7) is 0. The van der Waals surface area contributed by atoms with E-state index in [0.29, 0.717) is 27.3 Å². The van der Waals surface area contributed by atoms with Gasteiger partial charge in [0.1, 0.15) is 11.5 Å². The highest BCUT2D eigenvalue weighted by molar-refractivity contribution is 6.31. The summed E-state index contributed by atoms with van der Waals surface area (Å²) in [5.74, 6) is 0.555. The van der Waals surface area contributed by atoms with Crippen LogP contribution in [-0.2, 0) is 7.05 Å². The fraction of sp³-hybridized carbons (Fsp3) is 0.0714. The zero-order valence-corrected chi connectivity index (χ0v) is 12.1. The van der Waals surface area contributed by atoms with Crippen molar-refractivity contribution in [2.75, 3.05) is 5.73 Å². The minimum Gasteiger partial charge on any atom is -0.452 e. The molecule has 2 heterocycles. The SMILES string of the molecule is Cn1nc(-c2ccoc2Cl)c(-c2ccc(Cl)cc2)c1N. The van der Waals surface area contributed by atoms with Crippen LogP contribution >= 0.6 is 23.2 Å². The number of halogens is 2. The monoisotopic (exact) mass is 307 g/mol. The van der Waals surface area contributed by atoms with Crippen molar-refractivity contribution < 1.29 is 4.42 Å². The van der Waals surface area contributed by atoms with Crippen LogP contribution in [0.4, 0.5) is 5.82 Å². The lowest BCUT2D eigenvalue weighted by Crippen LogP contribution is -1.97. The Balaban J connectivity index is 2.25. The molecule has 0 aliphatic rings. The third-order valence-corrected chi connectivity index (χ3v) is 3.64. The number of nitrogen functional groups attached to an aromatic ring is 1. The summed E-state index contributed by atoms with van der Waals surface area (Å²) in [6, 6.07) is 9.18. The minimum atomic E-state index is 0.290. The van der Waals surface area contributed by atoms with E-state index < -0.39 is 0 Å². The maximum Gasteiger partial charge on any atom is 0.202 e. The van der Waals surface area contributed by atoms with Crippen molar-refractivity contribution in [1.29, 1.82) is 0 Å². The number of nitrogens with two attached hydrogens (primary N) is 1. The molecule has 2 N–H and O–H groups in total. The first kappa shape index (κ1) is 13.1. The maximum atomic E-state index is 6.12. The Kier molecular flexibility index (Phi) is 3.20. The van der Waals surface area contributed by atoms with Crippen LogP contribution in [0.5, 0.6) is 0 Å². The molecule has 0 bridgehead atoms. The van der Waals surface area contributed by atoms with E-state index in [1.165, 1.54) is 6.26 Å². The molecule has 0 atom stereocenters. The Morgan fingerprint density at radius 3 is 2.45 bits per heavy atom. The van der Waals surface area contributed by atoms with Gasteiger partial charge in [0.25, 0.3) is 0 Å². The molecule has 0 amide bonds. The van der Waals surface area contributed by atoms with Crippen LogP contribution in [-0.4, -0.2) is 9.78 Å². The molecule has 4 nitrogen and oxygen atoms in total. The van der Waals surface area contributed by atoms with E-state index >= 15 is 0 Å². The number of benzene rings is 1. The number of hydrogen-bond acceptors (Lipinski definition) is 3. The van der Waals surface area contributed by atoms with E-state index in [-0.39, 0.29) is 0 Å². The van der Waals surface area contributed by atoms with Crippen LogP contribution in [0, 0.1) is 0 Å². The van der Waals surface area contributed by atoms with Crippen LogP contribution in [0.1, 0.15) is 0 Å². The molecule has 0 spiro atoms. The van der Waals surface area contributed by atoms with Crippen LogP contribution in [0.3, 0.4) is 0 Å². The Labute approximate surface area is 125 Å². The molecular formula is C14H11Cl2N3O. The molecule has 0 fully saturated rings. The molecule has 3 rings (SSSR count). The second-order valence-corrected chi connectivity index (χ2v) is 5.13. The first-order valence-electron chi connectivity index (χ1n) is 5.89. The van der Waals surface area contributed by atoms with Gasteiger partial charge in [-0.1, -0.05) is 23.7 Å². The Hall–Kier alpha value is -1.91. The van der Waals surface area contributed by atoms with Crippen LogP contribution < -0.4 is 5.73 Å². The van der Waals surface area contributed by atoms with Gasteiger partial charge >= 0.3 is 0 Å². The predicted molar refractivity (Wildman–Crippen MR) is 80.8 cm³/mol. The summed E-state index contributed by atoms with van der Waals surface area (Å²) in [7, 11) is 1.78. The fourth-order valence-corrected chi connectivity index (χ4v) is 2.42. The molecule has 0 aliphatic heterocycles. The van der Waals surface area contributed by atoms with Gasteiger partial charge in [-0.05, 0) is 35.4 Å². The topological polar surface area (TPSA) is 57.0 Å². The van der Waals surface area contributed by atoms with Crippen LogP contribution in [0.25, 0.3) is 22.4 Å². The first-order chi connectivity index (χ1) is 9.58. The molecule has 2 aromatic heterocycles. The van der Waals surface area contributed by atoms with E-state index in [2.05, 4.69) is 5.10 Å². The number of furan rings is 1. The van der Waals surface area contributed by atoms with Crippen molar-refractivity contribution in [3.63, 3.8) is 0 Å². The van der Waals surface area contributed by atoms with Gasteiger partial charge < -0.3 is 10.2 Å². The quantitative estimate of drug-likeness (QED) is 0.770. The Bertz CT molecular complexity index is 759. The minimum absolute atomic E-state index is 0.290. The van der Waals surface area contributed by atoms with Crippen molar-refractivity contribution in [3.8, 4) is 22.4 Å². The highest BCUT2D eigenvalue weighted by atomic mass is 35.5. The van der Waals surface area contributed by atoms with E-state index in [1.807, 2.05) is 24.3 Å². The number of anilines is 1. The molecule has 6 heteroatoms. The van der Waals surface area contributed by atoms with Gasteiger partial charge in [-0.15, -0.1) is 0 Å². The highest BCUT2D eigenvalue weighted by Crippen LogP contribution is 2.39. The molecule has 20 heavy (non-hydrogen) atoms. The normalized spacial score (nSPS) is 10.9. The number of rotatable bonds is 2. The summed E-state index contributed by atoms with van der Waals surface area (Å²) in [4.78, 5) is 0. The molecule has 0 aliphatic carbocycles. The van der Waals surface area contributed by atoms with Gasteiger partial charge in [0.2, 0.25) is 5.22 Å². The van der Waals surface area contributed by atoms with Crippen molar-refractivity contribution in [3.05, 3.63) is 46.8 Å². The van der Waals surface area contributed by atoms with Crippen molar-refractivity contribution in [2.45, 2.75) is 0 Å². The average molecular weight is 308 g/mol. The summed E-state index contributed by atoms with van der Waals surface area (Å²) in [6.07, 6.45) is 1.52. The van der Waals surface area contributed by atoms with Crippen LogP contribution in [0.15, 0.2) is 41.0 Å². The summed E-state index contributed by atoms with van der Waals surface area (Å²) < 4.78 is 6.75. The van der Waals surface area contributed by atoms with Crippen molar-refractivity contribution >= 4 is 29.0 Å². The number of aryl methyl sites for hydroxylation is 1. The maximum absolute atomic E-state index is 6.12. The third-order valence-electron chi connectivity index (χ3n) is 3.10.